The van der Waals surface area contributed by atoms with E-state index in [4.69, 9.17) is 0 Å². The van der Waals surface area contributed by atoms with Gasteiger partial charge in [-0.1, -0.05) is 19.1 Å². The Morgan fingerprint density at radius 3 is 2.85 bits per heavy atom. The molecular weight excluding hydrogens is 260 g/mol. The molecule has 0 radical (unpaired) electrons. The number of nitrogens with zero attached hydrogens (tertiary/aromatic N) is 5. The van der Waals surface area contributed by atoms with Gasteiger partial charge in [-0.05, 0) is 0 Å². The van der Waals surface area contributed by atoms with Gasteiger partial charge in [0.1, 0.15) is 5.82 Å². The Hall–Kier alpha value is -2.58. The van der Waals surface area contributed by atoms with Crippen LogP contribution in [-0.4, -0.2) is 43.5 Å². The number of hydrogen-bond acceptors (Lipinski definition) is 7. The summed E-state index contributed by atoms with van der Waals surface area (Å²) in [7, 11) is 1.71. The van der Waals surface area contributed by atoms with Gasteiger partial charge in [-0.15, -0.1) is 10.2 Å². The van der Waals surface area contributed by atoms with Crippen molar-refractivity contribution in [3.63, 3.8) is 0 Å². The molecule has 2 heterocycles. The maximum Gasteiger partial charge on any atom is 0.272 e. The molecular formula is C11H16N8O. The lowest BCUT2D eigenvalue weighted by atomic mass is 10.2. The molecule has 0 spiro atoms. The molecule has 106 valence electrons. The lowest BCUT2D eigenvalue weighted by molar-refractivity contribution is 0.0945. The first-order chi connectivity index (χ1) is 9.61. The summed E-state index contributed by atoms with van der Waals surface area (Å²) in [6.45, 7) is 4.12. The summed E-state index contributed by atoms with van der Waals surface area (Å²) < 4.78 is 0. The van der Waals surface area contributed by atoms with Crippen LogP contribution in [0.4, 0.5) is 5.69 Å². The highest BCUT2D eigenvalue weighted by Gasteiger charge is 2.16. The van der Waals surface area contributed by atoms with E-state index in [1.807, 2.05) is 13.8 Å². The van der Waals surface area contributed by atoms with E-state index < -0.39 is 0 Å². The number of tetrazole rings is 1. The largest absolute Gasteiger partial charge is 0.385 e. The minimum absolute atomic E-state index is 0.143. The molecule has 2 rings (SSSR count). The monoisotopic (exact) mass is 276 g/mol. The van der Waals surface area contributed by atoms with Gasteiger partial charge in [-0.3, -0.25) is 4.79 Å². The second-order valence-corrected chi connectivity index (χ2v) is 4.41. The van der Waals surface area contributed by atoms with E-state index in [1.165, 1.54) is 0 Å². The number of hydrogen-bond donors (Lipinski definition) is 3. The van der Waals surface area contributed by atoms with E-state index in [0.29, 0.717) is 23.0 Å². The van der Waals surface area contributed by atoms with Crippen molar-refractivity contribution in [2.24, 2.45) is 0 Å². The van der Waals surface area contributed by atoms with Crippen molar-refractivity contribution < 1.29 is 4.79 Å². The fourth-order valence-corrected chi connectivity index (χ4v) is 1.53. The summed E-state index contributed by atoms with van der Waals surface area (Å²) in [5.74, 6) is 0.851. The fourth-order valence-electron chi connectivity index (χ4n) is 1.53. The Morgan fingerprint density at radius 1 is 1.45 bits per heavy atom. The van der Waals surface area contributed by atoms with E-state index in [1.54, 1.807) is 13.2 Å². The molecule has 0 aliphatic heterocycles. The third-order valence-electron chi connectivity index (χ3n) is 2.60. The van der Waals surface area contributed by atoms with Crippen molar-refractivity contribution >= 4 is 11.6 Å². The summed E-state index contributed by atoms with van der Waals surface area (Å²) in [6, 6.07) is 0. The Balaban J connectivity index is 2.16. The summed E-state index contributed by atoms with van der Waals surface area (Å²) in [5.41, 5.74) is 0.870. The van der Waals surface area contributed by atoms with Gasteiger partial charge in [0, 0.05) is 13.0 Å². The van der Waals surface area contributed by atoms with Crippen molar-refractivity contribution in [3.05, 3.63) is 23.5 Å². The maximum absolute atomic E-state index is 12.2. The zero-order valence-corrected chi connectivity index (χ0v) is 11.5. The van der Waals surface area contributed by atoms with Crippen LogP contribution in [0.1, 0.15) is 41.9 Å². The van der Waals surface area contributed by atoms with E-state index in [2.05, 4.69) is 41.2 Å². The Bertz CT molecular complexity index is 580. The summed E-state index contributed by atoms with van der Waals surface area (Å²) in [5, 5.41) is 18.8. The normalized spacial score (nSPS) is 10.6. The minimum Gasteiger partial charge on any atom is -0.385 e. The third kappa shape index (κ3) is 3.05. The molecule has 0 saturated heterocycles. The molecule has 2 aromatic heterocycles. The molecule has 0 unspecified atom stereocenters. The van der Waals surface area contributed by atoms with Crippen molar-refractivity contribution in [1.82, 2.24) is 35.9 Å². The number of anilines is 1. The first-order valence-corrected chi connectivity index (χ1v) is 6.17. The van der Waals surface area contributed by atoms with Crippen LogP contribution in [0.3, 0.4) is 0 Å². The molecule has 0 atom stereocenters. The molecule has 0 aliphatic carbocycles. The first-order valence-electron chi connectivity index (χ1n) is 6.17. The SMILES string of the molecule is CNc1cnc(C(C)C)nc1C(=O)NCc1nn[nH]n1. The van der Waals surface area contributed by atoms with Gasteiger partial charge in [-0.2, -0.15) is 5.21 Å². The van der Waals surface area contributed by atoms with Crippen LogP contribution in [0.2, 0.25) is 0 Å². The van der Waals surface area contributed by atoms with Crippen LogP contribution >= 0.6 is 0 Å². The molecule has 0 aliphatic rings. The zero-order valence-electron chi connectivity index (χ0n) is 11.5. The van der Waals surface area contributed by atoms with Crippen molar-refractivity contribution in [3.8, 4) is 0 Å². The number of H-pyrrole nitrogens is 1. The number of aromatic amines is 1. The Labute approximate surface area is 115 Å². The Morgan fingerprint density at radius 2 is 2.25 bits per heavy atom. The molecule has 0 bridgehead atoms. The van der Waals surface area contributed by atoms with Gasteiger partial charge in [0.05, 0.1) is 18.4 Å². The van der Waals surface area contributed by atoms with E-state index in [9.17, 15) is 4.79 Å². The Kier molecular flexibility index (Phi) is 4.18. The number of amides is 1. The van der Waals surface area contributed by atoms with Gasteiger partial charge in [0.15, 0.2) is 11.5 Å². The highest BCUT2D eigenvalue weighted by atomic mass is 16.1. The third-order valence-corrected chi connectivity index (χ3v) is 2.60. The molecule has 9 nitrogen and oxygen atoms in total. The lowest BCUT2D eigenvalue weighted by Gasteiger charge is -2.10. The fraction of sp³-hybridized carbons (Fsp3) is 0.455. The van der Waals surface area contributed by atoms with Crippen LogP contribution < -0.4 is 10.6 Å². The lowest BCUT2D eigenvalue weighted by Crippen LogP contribution is -2.26. The number of carbonyl (C=O) groups is 1. The van der Waals surface area contributed by atoms with Gasteiger partial charge in [0.2, 0.25) is 0 Å². The minimum atomic E-state index is -0.316. The smallest absolute Gasteiger partial charge is 0.272 e. The quantitative estimate of drug-likeness (QED) is 0.707. The van der Waals surface area contributed by atoms with Crippen molar-refractivity contribution in [1.29, 1.82) is 0 Å². The number of aromatic nitrogens is 6. The van der Waals surface area contributed by atoms with E-state index in [0.717, 1.165) is 0 Å². The van der Waals surface area contributed by atoms with E-state index >= 15 is 0 Å². The van der Waals surface area contributed by atoms with Crippen LogP contribution in [0.15, 0.2) is 6.20 Å². The van der Waals surface area contributed by atoms with Crippen molar-refractivity contribution in [2.45, 2.75) is 26.3 Å². The van der Waals surface area contributed by atoms with Crippen LogP contribution in [0.5, 0.6) is 0 Å². The standard InChI is InChI=1S/C11H16N8O/c1-6(2)10-13-4-7(12-3)9(15-10)11(20)14-5-8-16-18-19-17-8/h4,6,12H,5H2,1-3H3,(H,14,20)(H,16,17,18,19). The molecule has 0 aromatic carbocycles. The molecule has 1 amide bonds. The highest BCUT2D eigenvalue weighted by molar-refractivity contribution is 5.97. The van der Waals surface area contributed by atoms with Crippen LogP contribution in [-0.2, 0) is 6.54 Å². The number of carbonyl (C=O) groups excluding carboxylic acids is 1. The van der Waals surface area contributed by atoms with Crippen molar-refractivity contribution in [2.75, 3.05) is 12.4 Å². The topological polar surface area (TPSA) is 121 Å². The summed E-state index contributed by atoms with van der Waals surface area (Å²) in [4.78, 5) is 20.7. The van der Waals surface area contributed by atoms with Gasteiger partial charge in [-0.25, -0.2) is 9.97 Å². The molecule has 0 saturated carbocycles. The van der Waals surface area contributed by atoms with E-state index in [-0.39, 0.29) is 18.4 Å². The number of nitrogens with one attached hydrogen (secondary N) is 3. The zero-order chi connectivity index (χ0) is 14.5. The van der Waals surface area contributed by atoms with Crippen LogP contribution in [0.25, 0.3) is 0 Å². The second-order valence-electron chi connectivity index (χ2n) is 4.41. The molecule has 0 fully saturated rings. The van der Waals surface area contributed by atoms with Gasteiger partial charge < -0.3 is 10.6 Å². The van der Waals surface area contributed by atoms with Gasteiger partial charge >= 0.3 is 0 Å². The average Bonchev–Trinajstić information content (AvgIpc) is 2.97. The average molecular weight is 276 g/mol. The second kappa shape index (κ2) is 6.04. The molecule has 3 N–H and O–H groups in total. The molecule has 2 aromatic rings. The highest BCUT2D eigenvalue weighted by Crippen LogP contribution is 2.15. The first kappa shape index (κ1) is 13.8. The molecule has 9 heteroatoms. The summed E-state index contributed by atoms with van der Waals surface area (Å²) in [6.07, 6.45) is 1.60. The maximum atomic E-state index is 12.2. The van der Waals surface area contributed by atoms with Crippen LogP contribution in [0, 0.1) is 0 Å². The predicted molar refractivity (Wildman–Crippen MR) is 71.0 cm³/mol. The van der Waals surface area contributed by atoms with Gasteiger partial charge in [0.25, 0.3) is 5.91 Å². The number of rotatable bonds is 5. The summed E-state index contributed by atoms with van der Waals surface area (Å²) >= 11 is 0. The predicted octanol–water partition coefficient (Wildman–Crippen LogP) is 0.0848. The molecule has 20 heavy (non-hydrogen) atoms.